The summed E-state index contributed by atoms with van der Waals surface area (Å²) in [6, 6.07) is 5.02. The fraction of sp³-hybridized carbons (Fsp3) is 0.562. The normalized spacial score (nSPS) is 10.8. The van der Waals surface area contributed by atoms with E-state index in [4.69, 9.17) is 9.84 Å². The van der Waals surface area contributed by atoms with Gasteiger partial charge < -0.3 is 14.7 Å². The molecule has 0 unspecified atom stereocenters. The molecule has 1 amide bonds. The van der Waals surface area contributed by atoms with Gasteiger partial charge in [-0.2, -0.15) is 0 Å². The van der Waals surface area contributed by atoms with Crippen LogP contribution in [0.5, 0.6) is 5.88 Å². The summed E-state index contributed by atoms with van der Waals surface area (Å²) < 4.78 is 5.49. The quantitative estimate of drug-likeness (QED) is 0.798. The molecule has 0 bridgehead atoms. The van der Waals surface area contributed by atoms with E-state index >= 15 is 0 Å². The van der Waals surface area contributed by atoms with Gasteiger partial charge in [0.1, 0.15) is 5.69 Å². The van der Waals surface area contributed by atoms with Gasteiger partial charge in [-0.25, -0.2) is 4.98 Å². The zero-order chi connectivity index (χ0) is 16.7. The van der Waals surface area contributed by atoms with E-state index in [0.29, 0.717) is 12.4 Å². The molecule has 6 heteroatoms. The number of aromatic nitrogens is 1. The monoisotopic (exact) mass is 308 g/mol. The third-order valence-electron chi connectivity index (χ3n) is 2.77. The van der Waals surface area contributed by atoms with Gasteiger partial charge >= 0.3 is 5.97 Å². The number of pyridine rings is 1. The zero-order valence-electron chi connectivity index (χ0n) is 13.6. The van der Waals surface area contributed by atoms with E-state index in [1.165, 1.54) is 4.90 Å². The van der Waals surface area contributed by atoms with Crippen molar-refractivity contribution in [3.8, 4) is 5.88 Å². The second-order valence-electron chi connectivity index (χ2n) is 5.82. The van der Waals surface area contributed by atoms with Gasteiger partial charge in [-0.15, -0.1) is 0 Å². The molecule has 0 atom stereocenters. The number of ether oxygens (including phenoxy) is 1. The van der Waals surface area contributed by atoms with Crippen molar-refractivity contribution in [3.63, 3.8) is 0 Å². The molecule has 0 spiro atoms. The van der Waals surface area contributed by atoms with E-state index in [1.807, 2.05) is 27.7 Å². The predicted octanol–water partition coefficient (Wildman–Crippen LogP) is 2.44. The van der Waals surface area contributed by atoms with Crippen molar-refractivity contribution in [2.24, 2.45) is 5.92 Å². The summed E-state index contributed by atoms with van der Waals surface area (Å²) >= 11 is 0. The van der Waals surface area contributed by atoms with Gasteiger partial charge in [0.25, 0.3) is 5.91 Å². The van der Waals surface area contributed by atoms with Crippen LogP contribution in [0.1, 0.15) is 44.6 Å². The molecule has 0 aliphatic heterocycles. The van der Waals surface area contributed by atoms with Gasteiger partial charge in [0.15, 0.2) is 0 Å². The van der Waals surface area contributed by atoms with Crippen molar-refractivity contribution < 1.29 is 19.4 Å². The van der Waals surface area contributed by atoms with Gasteiger partial charge in [-0.1, -0.05) is 19.9 Å². The van der Waals surface area contributed by atoms with Crippen LogP contribution < -0.4 is 4.74 Å². The molecule has 0 aliphatic carbocycles. The van der Waals surface area contributed by atoms with E-state index in [-0.39, 0.29) is 36.6 Å². The van der Waals surface area contributed by atoms with E-state index in [0.717, 1.165) is 0 Å². The van der Waals surface area contributed by atoms with E-state index in [9.17, 15) is 9.59 Å². The zero-order valence-corrected chi connectivity index (χ0v) is 13.6. The Kier molecular flexibility index (Phi) is 6.82. The summed E-state index contributed by atoms with van der Waals surface area (Å²) in [6.07, 6.45) is -0.114. The van der Waals surface area contributed by atoms with Crippen LogP contribution in [0.25, 0.3) is 0 Å². The largest absolute Gasteiger partial charge is 0.481 e. The number of aliphatic carboxylic acids is 1. The number of hydrogen-bond acceptors (Lipinski definition) is 4. The molecular formula is C16H24N2O4. The number of carboxylic acid groups (broad SMARTS) is 1. The molecule has 1 aromatic rings. The molecule has 0 saturated carbocycles. The molecule has 1 heterocycles. The maximum atomic E-state index is 12.5. The Morgan fingerprint density at radius 2 is 1.95 bits per heavy atom. The van der Waals surface area contributed by atoms with Gasteiger partial charge in [0, 0.05) is 19.2 Å². The van der Waals surface area contributed by atoms with E-state index in [1.54, 1.807) is 18.2 Å². The molecule has 0 fully saturated rings. The standard InChI is InChI=1S/C16H24N2O4/c1-11(2)10-18(9-8-15(19)20)16(21)13-6-5-7-14(17-13)22-12(3)4/h5-7,11-12H,8-10H2,1-4H3,(H,19,20). The molecule has 122 valence electrons. The highest BCUT2D eigenvalue weighted by molar-refractivity contribution is 5.92. The number of hydrogen-bond donors (Lipinski definition) is 1. The van der Waals surface area contributed by atoms with Crippen molar-refractivity contribution in [3.05, 3.63) is 23.9 Å². The first-order valence-electron chi connectivity index (χ1n) is 7.44. The van der Waals surface area contributed by atoms with E-state index in [2.05, 4.69) is 4.98 Å². The number of carbonyl (C=O) groups is 2. The van der Waals surface area contributed by atoms with Crippen molar-refractivity contribution in [2.45, 2.75) is 40.2 Å². The van der Waals surface area contributed by atoms with E-state index < -0.39 is 5.97 Å². The van der Waals surface area contributed by atoms with Gasteiger partial charge in [-0.05, 0) is 25.8 Å². The molecule has 0 aliphatic rings. The SMILES string of the molecule is CC(C)CN(CCC(=O)O)C(=O)c1cccc(OC(C)C)n1. The lowest BCUT2D eigenvalue weighted by Gasteiger charge is -2.23. The minimum Gasteiger partial charge on any atom is -0.481 e. The topological polar surface area (TPSA) is 79.7 Å². The molecular weight excluding hydrogens is 284 g/mol. The van der Waals surface area contributed by atoms with Crippen molar-refractivity contribution in [1.82, 2.24) is 9.88 Å². The Balaban J connectivity index is 2.89. The smallest absolute Gasteiger partial charge is 0.305 e. The highest BCUT2D eigenvalue weighted by Crippen LogP contribution is 2.13. The second kappa shape index (κ2) is 8.36. The minimum atomic E-state index is -0.925. The summed E-state index contributed by atoms with van der Waals surface area (Å²) in [4.78, 5) is 29.0. The molecule has 0 saturated heterocycles. The summed E-state index contributed by atoms with van der Waals surface area (Å²) in [5, 5.41) is 8.82. The van der Waals surface area contributed by atoms with Crippen LogP contribution in [0, 0.1) is 5.92 Å². The van der Waals surface area contributed by atoms with Crippen molar-refractivity contribution in [2.75, 3.05) is 13.1 Å². The molecule has 1 N–H and O–H groups in total. The summed E-state index contributed by atoms with van der Waals surface area (Å²) in [5.41, 5.74) is 0.268. The number of nitrogens with zero attached hydrogens (tertiary/aromatic N) is 2. The van der Waals surface area contributed by atoms with Gasteiger partial charge in [-0.3, -0.25) is 9.59 Å². The Morgan fingerprint density at radius 1 is 1.27 bits per heavy atom. The second-order valence-corrected chi connectivity index (χ2v) is 5.82. The summed E-state index contributed by atoms with van der Waals surface area (Å²) in [7, 11) is 0. The average Bonchev–Trinajstić information content (AvgIpc) is 2.41. The van der Waals surface area contributed by atoms with Crippen molar-refractivity contribution >= 4 is 11.9 Å². The molecule has 0 aromatic carbocycles. The highest BCUT2D eigenvalue weighted by atomic mass is 16.5. The summed E-state index contributed by atoms with van der Waals surface area (Å²) in [6.45, 7) is 8.38. The van der Waals surface area contributed by atoms with Crippen LogP contribution in [0.2, 0.25) is 0 Å². The molecule has 1 aromatic heterocycles. The first-order valence-corrected chi connectivity index (χ1v) is 7.44. The minimum absolute atomic E-state index is 0.0309. The fourth-order valence-corrected chi connectivity index (χ4v) is 1.95. The highest BCUT2D eigenvalue weighted by Gasteiger charge is 2.19. The number of carbonyl (C=O) groups excluding carboxylic acids is 1. The number of rotatable bonds is 8. The Bertz CT molecular complexity index is 515. The van der Waals surface area contributed by atoms with Crippen LogP contribution >= 0.6 is 0 Å². The number of amides is 1. The maximum Gasteiger partial charge on any atom is 0.305 e. The average molecular weight is 308 g/mol. The van der Waals surface area contributed by atoms with Crippen LogP contribution in [-0.4, -0.2) is 46.1 Å². The Labute approximate surface area is 131 Å². The first kappa shape index (κ1) is 17.9. The molecule has 1 rings (SSSR count). The summed E-state index contributed by atoms with van der Waals surface area (Å²) in [5.74, 6) is -0.563. The van der Waals surface area contributed by atoms with Gasteiger partial charge in [0.2, 0.25) is 5.88 Å². The molecule has 22 heavy (non-hydrogen) atoms. The van der Waals surface area contributed by atoms with Crippen molar-refractivity contribution in [1.29, 1.82) is 0 Å². The third kappa shape index (κ3) is 6.11. The Morgan fingerprint density at radius 3 is 2.50 bits per heavy atom. The Hall–Kier alpha value is -2.11. The molecule has 6 nitrogen and oxygen atoms in total. The van der Waals surface area contributed by atoms with Crippen LogP contribution in [-0.2, 0) is 4.79 Å². The lowest BCUT2D eigenvalue weighted by molar-refractivity contribution is -0.137. The van der Waals surface area contributed by atoms with Crippen LogP contribution in [0.4, 0.5) is 0 Å². The fourth-order valence-electron chi connectivity index (χ4n) is 1.95. The predicted molar refractivity (Wildman–Crippen MR) is 83.0 cm³/mol. The lowest BCUT2D eigenvalue weighted by Crippen LogP contribution is -2.36. The maximum absolute atomic E-state index is 12.5. The third-order valence-corrected chi connectivity index (χ3v) is 2.77. The lowest BCUT2D eigenvalue weighted by atomic mass is 10.2. The first-order chi connectivity index (χ1) is 10.3. The van der Waals surface area contributed by atoms with Crippen LogP contribution in [0.15, 0.2) is 18.2 Å². The molecule has 0 radical (unpaired) electrons. The van der Waals surface area contributed by atoms with Gasteiger partial charge in [0.05, 0.1) is 12.5 Å². The van der Waals surface area contributed by atoms with Crippen LogP contribution in [0.3, 0.4) is 0 Å². The number of carboxylic acids is 1.